The van der Waals surface area contributed by atoms with Crippen molar-refractivity contribution in [3.63, 3.8) is 0 Å². The fraction of sp³-hybridized carbons (Fsp3) is 0.556. The van der Waals surface area contributed by atoms with E-state index in [1.54, 1.807) is 22.4 Å². The maximum atomic E-state index is 13.7. The molecule has 3 aromatic rings. The van der Waals surface area contributed by atoms with Crippen molar-refractivity contribution < 1.29 is 22.7 Å². The number of fused-ring (bicyclic) bond motifs is 1. The van der Waals surface area contributed by atoms with Crippen LogP contribution >= 0.6 is 0 Å². The van der Waals surface area contributed by atoms with Crippen LogP contribution in [0.3, 0.4) is 0 Å². The summed E-state index contributed by atoms with van der Waals surface area (Å²) in [7, 11) is -3.86. The molecule has 1 aromatic carbocycles. The molecule has 14 heteroatoms. The average molecular weight is 588 g/mol. The Labute approximate surface area is 239 Å². The third-order valence-electron chi connectivity index (χ3n) is 7.41. The molecule has 0 radical (unpaired) electrons. The number of aromatic nitrogens is 4. The van der Waals surface area contributed by atoms with Gasteiger partial charge in [-0.1, -0.05) is 6.92 Å². The zero-order valence-corrected chi connectivity index (χ0v) is 24.6. The Bertz CT molecular complexity index is 1570. The van der Waals surface area contributed by atoms with Crippen LogP contribution in [0, 0.1) is 6.92 Å². The number of nitrogens with zero attached hydrogens (tertiary/aromatic N) is 6. The molecule has 2 aliphatic heterocycles. The molecule has 0 atom stereocenters. The Morgan fingerprint density at radius 1 is 1.10 bits per heavy atom. The van der Waals surface area contributed by atoms with Crippen molar-refractivity contribution in [2.75, 3.05) is 65.6 Å². The summed E-state index contributed by atoms with van der Waals surface area (Å²) in [5, 5.41) is 4.66. The molecule has 5 rings (SSSR count). The topological polar surface area (TPSA) is 142 Å². The molecule has 41 heavy (non-hydrogen) atoms. The first-order chi connectivity index (χ1) is 19.7. The van der Waals surface area contributed by atoms with E-state index < -0.39 is 10.0 Å². The Hall–Kier alpha value is -3.33. The van der Waals surface area contributed by atoms with Crippen molar-refractivity contribution in [3.05, 3.63) is 40.1 Å². The molecular formula is C27H37N7O6S. The highest BCUT2D eigenvalue weighted by molar-refractivity contribution is 7.89. The minimum Gasteiger partial charge on any atom is -0.493 e. The molecule has 1 amide bonds. The first-order valence-corrected chi connectivity index (χ1v) is 15.5. The first-order valence-electron chi connectivity index (χ1n) is 14.1. The van der Waals surface area contributed by atoms with Crippen LogP contribution in [-0.4, -0.2) is 114 Å². The van der Waals surface area contributed by atoms with E-state index in [-0.39, 0.29) is 41.8 Å². The molecular weight excluding hydrogens is 550 g/mol. The van der Waals surface area contributed by atoms with E-state index in [0.29, 0.717) is 80.8 Å². The largest absolute Gasteiger partial charge is 0.493 e. The van der Waals surface area contributed by atoms with Crippen molar-refractivity contribution in [2.24, 2.45) is 0 Å². The van der Waals surface area contributed by atoms with E-state index in [4.69, 9.17) is 9.47 Å². The van der Waals surface area contributed by atoms with Crippen LogP contribution in [0.2, 0.25) is 0 Å². The predicted octanol–water partition coefficient (Wildman–Crippen LogP) is 0.909. The maximum Gasteiger partial charge on any atom is 0.277 e. The Morgan fingerprint density at radius 3 is 2.51 bits per heavy atom. The van der Waals surface area contributed by atoms with Crippen molar-refractivity contribution in [1.82, 2.24) is 33.7 Å². The van der Waals surface area contributed by atoms with Gasteiger partial charge in [-0.3, -0.25) is 14.5 Å². The SMILES string of the molecule is CCCc1nc(C)c2c(=O)[nH]c(-c3cc(S(=O)(=O)N4CCN(CC(=O)N5CCOCC5)CC4)ccc3OCC)nn12. The van der Waals surface area contributed by atoms with E-state index in [2.05, 4.69) is 15.1 Å². The summed E-state index contributed by atoms with van der Waals surface area (Å²) in [4.78, 5) is 36.9. The zero-order chi connectivity index (χ0) is 29.1. The summed E-state index contributed by atoms with van der Waals surface area (Å²) in [6, 6.07) is 4.61. The fourth-order valence-electron chi connectivity index (χ4n) is 5.26. The molecule has 0 saturated carbocycles. The lowest BCUT2D eigenvalue weighted by Crippen LogP contribution is -2.52. The van der Waals surface area contributed by atoms with Crippen molar-refractivity contribution in [3.8, 4) is 17.1 Å². The number of hydrogen-bond donors (Lipinski definition) is 1. The van der Waals surface area contributed by atoms with E-state index in [1.165, 1.54) is 16.4 Å². The number of carbonyl (C=O) groups is 1. The first kappa shape index (κ1) is 29.2. The van der Waals surface area contributed by atoms with Crippen LogP contribution in [0.25, 0.3) is 16.9 Å². The molecule has 2 fully saturated rings. The summed E-state index contributed by atoms with van der Waals surface area (Å²) in [5.41, 5.74) is 0.959. The number of ether oxygens (including phenoxy) is 2. The quantitative estimate of drug-likeness (QED) is 0.387. The number of aryl methyl sites for hydroxylation is 2. The van der Waals surface area contributed by atoms with Gasteiger partial charge in [0, 0.05) is 45.7 Å². The third kappa shape index (κ3) is 6.01. The van der Waals surface area contributed by atoms with Gasteiger partial charge in [0.25, 0.3) is 5.56 Å². The number of carbonyl (C=O) groups excluding carboxylic acids is 1. The Balaban J connectivity index is 1.39. The summed E-state index contributed by atoms with van der Waals surface area (Å²) in [6.45, 7) is 9.90. The number of hydrogen-bond acceptors (Lipinski definition) is 9. The number of nitrogens with one attached hydrogen (secondary N) is 1. The number of aromatic amines is 1. The second-order valence-electron chi connectivity index (χ2n) is 10.2. The van der Waals surface area contributed by atoms with Crippen molar-refractivity contribution in [2.45, 2.75) is 38.5 Å². The zero-order valence-electron chi connectivity index (χ0n) is 23.8. The minimum atomic E-state index is -3.86. The normalized spacial score (nSPS) is 17.3. The van der Waals surface area contributed by atoms with Crippen LogP contribution < -0.4 is 10.3 Å². The van der Waals surface area contributed by atoms with E-state index in [0.717, 1.165) is 6.42 Å². The molecule has 0 unspecified atom stereocenters. The molecule has 0 aliphatic carbocycles. The summed E-state index contributed by atoms with van der Waals surface area (Å²) >= 11 is 0. The highest BCUT2D eigenvalue weighted by Gasteiger charge is 2.31. The molecule has 0 spiro atoms. The summed E-state index contributed by atoms with van der Waals surface area (Å²) < 4.78 is 41.5. The van der Waals surface area contributed by atoms with E-state index >= 15 is 0 Å². The molecule has 2 saturated heterocycles. The number of sulfonamides is 1. The second kappa shape index (κ2) is 12.3. The predicted molar refractivity (Wildman–Crippen MR) is 152 cm³/mol. The number of benzene rings is 1. The van der Waals surface area contributed by atoms with Gasteiger partial charge in [0.15, 0.2) is 11.3 Å². The van der Waals surface area contributed by atoms with Gasteiger partial charge >= 0.3 is 0 Å². The molecule has 2 aromatic heterocycles. The highest BCUT2D eigenvalue weighted by atomic mass is 32.2. The Morgan fingerprint density at radius 2 is 1.83 bits per heavy atom. The number of amides is 1. The van der Waals surface area contributed by atoms with Gasteiger partial charge in [0.1, 0.15) is 11.6 Å². The standard InChI is InChI=1S/C27H37N7O6S/c1-4-6-23-28-19(3)25-27(36)29-26(30-34(23)25)21-17-20(7-8-22(21)40-5-2)41(37,38)33-11-9-31(10-12-33)18-24(35)32-13-15-39-16-14-32/h7-8,17H,4-6,9-16,18H2,1-3H3,(H,29,30,36). The van der Waals surface area contributed by atoms with Gasteiger partial charge in [-0.2, -0.15) is 4.31 Å². The third-order valence-corrected chi connectivity index (χ3v) is 9.31. The van der Waals surface area contributed by atoms with Gasteiger partial charge in [-0.05, 0) is 38.5 Å². The Kier molecular flexibility index (Phi) is 8.73. The van der Waals surface area contributed by atoms with Gasteiger partial charge in [-0.15, -0.1) is 5.10 Å². The number of imidazole rings is 1. The van der Waals surface area contributed by atoms with Crippen LogP contribution in [0.4, 0.5) is 0 Å². The maximum absolute atomic E-state index is 13.7. The molecule has 222 valence electrons. The molecule has 2 aliphatic rings. The average Bonchev–Trinajstić information content (AvgIpc) is 3.29. The van der Waals surface area contributed by atoms with Crippen LogP contribution in [0.15, 0.2) is 27.9 Å². The number of H-pyrrole nitrogens is 1. The highest BCUT2D eigenvalue weighted by Crippen LogP contribution is 2.31. The molecule has 1 N–H and O–H groups in total. The smallest absolute Gasteiger partial charge is 0.277 e. The molecule has 4 heterocycles. The van der Waals surface area contributed by atoms with Crippen LogP contribution in [0.1, 0.15) is 31.8 Å². The van der Waals surface area contributed by atoms with E-state index in [1.807, 2.05) is 18.7 Å². The summed E-state index contributed by atoms with van der Waals surface area (Å²) in [6.07, 6.45) is 1.47. The number of rotatable bonds is 9. The van der Waals surface area contributed by atoms with Crippen LogP contribution in [-0.2, 0) is 26.0 Å². The lowest BCUT2D eigenvalue weighted by atomic mass is 10.2. The van der Waals surface area contributed by atoms with Crippen molar-refractivity contribution >= 4 is 21.4 Å². The number of piperazine rings is 1. The number of morpholine rings is 1. The minimum absolute atomic E-state index is 0.0365. The monoisotopic (exact) mass is 587 g/mol. The van der Waals surface area contributed by atoms with E-state index in [9.17, 15) is 18.0 Å². The van der Waals surface area contributed by atoms with Gasteiger partial charge < -0.3 is 19.4 Å². The lowest BCUT2D eigenvalue weighted by molar-refractivity contribution is -0.136. The van der Waals surface area contributed by atoms with Gasteiger partial charge in [0.2, 0.25) is 15.9 Å². The molecule has 13 nitrogen and oxygen atoms in total. The van der Waals surface area contributed by atoms with Gasteiger partial charge in [-0.25, -0.2) is 17.9 Å². The fourth-order valence-corrected chi connectivity index (χ4v) is 6.71. The molecule has 0 bridgehead atoms. The van der Waals surface area contributed by atoms with Crippen molar-refractivity contribution in [1.29, 1.82) is 0 Å². The lowest BCUT2D eigenvalue weighted by Gasteiger charge is -2.35. The second-order valence-corrected chi connectivity index (χ2v) is 12.1. The van der Waals surface area contributed by atoms with Crippen LogP contribution in [0.5, 0.6) is 5.75 Å². The van der Waals surface area contributed by atoms with Gasteiger partial charge in [0.05, 0.1) is 42.5 Å². The summed E-state index contributed by atoms with van der Waals surface area (Å²) in [5.74, 6) is 1.31.